The van der Waals surface area contributed by atoms with E-state index >= 15 is 0 Å². The van der Waals surface area contributed by atoms with E-state index in [1.54, 1.807) is 6.07 Å². The van der Waals surface area contributed by atoms with Crippen molar-refractivity contribution in [3.63, 3.8) is 0 Å². The van der Waals surface area contributed by atoms with Crippen molar-refractivity contribution in [1.29, 1.82) is 5.26 Å². The number of aromatic nitrogens is 4. The molecule has 33 heavy (non-hydrogen) atoms. The summed E-state index contributed by atoms with van der Waals surface area (Å²) in [4.78, 5) is 14.4. The van der Waals surface area contributed by atoms with Gasteiger partial charge in [-0.1, -0.05) is 11.6 Å². The summed E-state index contributed by atoms with van der Waals surface area (Å²) < 4.78 is 0. The maximum absolute atomic E-state index is 9.33. The molecule has 5 rings (SSSR count). The number of aliphatic hydroxyl groups excluding tert-OH is 1. The lowest BCUT2D eigenvalue weighted by molar-refractivity contribution is 0.129. The number of H-pyrrole nitrogens is 1. The summed E-state index contributed by atoms with van der Waals surface area (Å²) in [5.74, 6) is 1.86. The zero-order valence-electron chi connectivity index (χ0n) is 18.5. The third-order valence-electron chi connectivity index (χ3n) is 6.90. The first-order valence-corrected chi connectivity index (χ1v) is 11.7. The highest BCUT2D eigenvalue weighted by Crippen LogP contribution is 2.38. The normalized spacial score (nSPS) is 22.4. The van der Waals surface area contributed by atoms with Crippen LogP contribution in [0.5, 0.6) is 0 Å². The number of nitrogens with zero attached hydrogens (tertiary/aromatic N) is 6. The van der Waals surface area contributed by atoms with Crippen molar-refractivity contribution in [3.05, 3.63) is 35.0 Å². The van der Waals surface area contributed by atoms with E-state index in [0.29, 0.717) is 52.8 Å². The average Bonchev–Trinajstić information content (AvgIpc) is 3.36. The predicted molar refractivity (Wildman–Crippen MR) is 128 cm³/mol. The zero-order chi connectivity index (χ0) is 22.9. The minimum atomic E-state index is -0.113. The van der Waals surface area contributed by atoms with Crippen LogP contribution in [0.15, 0.2) is 24.3 Å². The Kier molecular flexibility index (Phi) is 6.06. The van der Waals surface area contributed by atoms with Gasteiger partial charge in [-0.15, -0.1) is 0 Å². The van der Waals surface area contributed by atoms with Crippen molar-refractivity contribution in [1.82, 2.24) is 25.1 Å². The Morgan fingerprint density at radius 2 is 2.06 bits per heavy atom. The van der Waals surface area contributed by atoms with Crippen LogP contribution < -0.4 is 10.2 Å². The van der Waals surface area contributed by atoms with Crippen LogP contribution in [-0.2, 0) is 6.61 Å². The average molecular weight is 467 g/mol. The van der Waals surface area contributed by atoms with Crippen LogP contribution in [0.3, 0.4) is 0 Å². The van der Waals surface area contributed by atoms with Crippen molar-refractivity contribution in [2.75, 3.05) is 23.8 Å². The number of hydrogen-bond donors (Lipinski definition) is 3. The van der Waals surface area contributed by atoms with Gasteiger partial charge in [0.15, 0.2) is 5.82 Å². The SMILES string of the molecule is CN(c1nc(Nc2cc(CO)[nH]n2)c2ccc(Cl)cc2n1)C1C[C@H]2CC[C@@H](C1)N2CCC#N. The number of halogens is 1. The van der Waals surface area contributed by atoms with E-state index in [1.165, 1.54) is 12.8 Å². The molecule has 4 heterocycles. The Hall–Kier alpha value is -2.93. The summed E-state index contributed by atoms with van der Waals surface area (Å²) in [7, 11) is 2.06. The highest BCUT2D eigenvalue weighted by Gasteiger charge is 2.41. The second-order valence-electron chi connectivity index (χ2n) is 8.86. The van der Waals surface area contributed by atoms with Crippen LogP contribution in [0, 0.1) is 11.3 Å². The van der Waals surface area contributed by atoms with Crippen LogP contribution >= 0.6 is 11.6 Å². The van der Waals surface area contributed by atoms with E-state index in [-0.39, 0.29) is 6.61 Å². The quantitative estimate of drug-likeness (QED) is 0.483. The van der Waals surface area contributed by atoms with E-state index in [9.17, 15) is 5.11 Å². The number of fused-ring (bicyclic) bond motifs is 3. The highest BCUT2D eigenvalue weighted by molar-refractivity contribution is 6.31. The molecule has 1 aromatic carbocycles. The maximum Gasteiger partial charge on any atom is 0.227 e. The number of aliphatic hydroxyl groups is 1. The molecule has 2 bridgehead atoms. The maximum atomic E-state index is 9.33. The Labute approximate surface area is 197 Å². The lowest BCUT2D eigenvalue weighted by atomic mass is 9.96. The minimum Gasteiger partial charge on any atom is -0.390 e. The first kappa shape index (κ1) is 21.9. The van der Waals surface area contributed by atoms with Gasteiger partial charge in [0.25, 0.3) is 0 Å². The monoisotopic (exact) mass is 466 g/mol. The van der Waals surface area contributed by atoms with E-state index in [4.69, 9.17) is 26.8 Å². The zero-order valence-corrected chi connectivity index (χ0v) is 19.3. The van der Waals surface area contributed by atoms with Crippen LogP contribution in [0.2, 0.25) is 5.02 Å². The third-order valence-corrected chi connectivity index (χ3v) is 7.13. The van der Waals surface area contributed by atoms with Gasteiger partial charge in [-0.25, -0.2) is 4.98 Å². The summed E-state index contributed by atoms with van der Waals surface area (Å²) in [6.07, 6.45) is 5.04. The molecule has 2 saturated heterocycles. The fourth-order valence-corrected chi connectivity index (χ4v) is 5.41. The predicted octanol–water partition coefficient (Wildman–Crippen LogP) is 3.59. The fraction of sp³-hybridized carbons (Fsp3) is 0.478. The van der Waals surface area contributed by atoms with Crippen LogP contribution in [0.4, 0.5) is 17.6 Å². The molecule has 0 radical (unpaired) electrons. The molecule has 3 aromatic rings. The molecular formula is C23H27ClN8O. The molecule has 0 spiro atoms. The van der Waals surface area contributed by atoms with Crippen molar-refractivity contribution in [3.8, 4) is 6.07 Å². The number of nitriles is 1. The number of aromatic amines is 1. The van der Waals surface area contributed by atoms with Gasteiger partial charge in [-0.05, 0) is 43.9 Å². The minimum absolute atomic E-state index is 0.113. The van der Waals surface area contributed by atoms with Gasteiger partial charge in [0.05, 0.1) is 23.9 Å². The third kappa shape index (κ3) is 4.34. The highest BCUT2D eigenvalue weighted by atomic mass is 35.5. The molecule has 2 aliphatic rings. The van der Waals surface area contributed by atoms with Crippen LogP contribution in [0.25, 0.3) is 10.9 Å². The number of hydrogen-bond acceptors (Lipinski definition) is 8. The van der Waals surface area contributed by atoms with Gasteiger partial charge < -0.3 is 15.3 Å². The van der Waals surface area contributed by atoms with E-state index < -0.39 is 0 Å². The van der Waals surface area contributed by atoms with Crippen molar-refractivity contribution >= 4 is 40.1 Å². The molecule has 0 saturated carbocycles. The number of rotatable bonds is 7. The lowest BCUT2D eigenvalue weighted by Crippen LogP contribution is -2.50. The number of anilines is 3. The molecule has 3 N–H and O–H groups in total. The van der Waals surface area contributed by atoms with Gasteiger partial charge in [0, 0.05) is 54.6 Å². The van der Waals surface area contributed by atoms with Gasteiger partial charge in [-0.2, -0.15) is 15.3 Å². The molecular weight excluding hydrogens is 440 g/mol. The molecule has 2 aliphatic heterocycles. The summed E-state index contributed by atoms with van der Waals surface area (Å²) in [5, 5.41) is 30.1. The Morgan fingerprint density at radius 3 is 2.76 bits per heavy atom. The van der Waals surface area contributed by atoms with Crippen LogP contribution in [0.1, 0.15) is 37.8 Å². The van der Waals surface area contributed by atoms with Crippen LogP contribution in [-0.4, -0.2) is 61.9 Å². The second kappa shape index (κ2) is 9.14. The fourth-order valence-electron chi connectivity index (χ4n) is 5.24. The second-order valence-corrected chi connectivity index (χ2v) is 9.30. The summed E-state index contributed by atoms with van der Waals surface area (Å²) in [5.41, 5.74) is 1.38. The largest absolute Gasteiger partial charge is 0.390 e. The number of piperidine rings is 1. The van der Waals surface area contributed by atoms with E-state index in [0.717, 1.165) is 30.3 Å². The molecule has 10 heteroatoms. The van der Waals surface area contributed by atoms with Gasteiger partial charge >= 0.3 is 0 Å². The Bertz CT molecular complexity index is 1180. The summed E-state index contributed by atoms with van der Waals surface area (Å²) in [6.45, 7) is 0.749. The Morgan fingerprint density at radius 1 is 1.27 bits per heavy atom. The molecule has 9 nitrogen and oxygen atoms in total. The molecule has 172 valence electrons. The van der Waals surface area contributed by atoms with E-state index in [1.807, 2.05) is 18.2 Å². The molecule has 3 atom stereocenters. The van der Waals surface area contributed by atoms with Crippen molar-refractivity contribution in [2.24, 2.45) is 0 Å². The Balaban J connectivity index is 1.43. The standard InChI is InChI=1S/C23H27ClN8O/c1-31(18-11-16-4-5-17(12-18)32(16)8-2-7-25)23-26-20-9-14(24)3-6-19(20)22(28-23)27-21-10-15(13-33)29-30-21/h3,6,9-10,16-18,33H,2,4-5,8,11-13H2,1H3,(H2,26,27,28,29,30)/t16-,17+,18?. The summed E-state index contributed by atoms with van der Waals surface area (Å²) >= 11 is 6.27. The van der Waals surface area contributed by atoms with Gasteiger partial charge in [0.1, 0.15) is 5.82 Å². The van der Waals surface area contributed by atoms with Crippen molar-refractivity contribution < 1.29 is 5.11 Å². The van der Waals surface area contributed by atoms with Gasteiger partial charge in [0.2, 0.25) is 5.95 Å². The number of benzene rings is 1. The topological polar surface area (TPSA) is 117 Å². The molecule has 0 amide bonds. The first-order chi connectivity index (χ1) is 16.1. The lowest BCUT2D eigenvalue weighted by Gasteiger charge is -2.42. The molecule has 2 aromatic heterocycles. The smallest absolute Gasteiger partial charge is 0.227 e. The summed E-state index contributed by atoms with van der Waals surface area (Å²) in [6, 6.07) is 11.0. The molecule has 1 unspecified atom stereocenters. The van der Waals surface area contributed by atoms with Crippen molar-refractivity contribution in [2.45, 2.75) is 56.8 Å². The molecule has 2 fully saturated rings. The van der Waals surface area contributed by atoms with E-state index in [2.05, 4.69) is 38.4 Å². The van der Waals surface area contributed by atoms with Gasteiger partial charge in [-0.3, -0.25) is 10.00 Å². The molecule has 0 aliphatic carbocycles. The first-order valence-electron chi connectivity index (χ1n) is 11.3. The number of nitrogens with one attached hydrogen (secondary N) is 2.